The number of hydrogen-bond acceptors (Lipinski definition) is 4. The molecule has 1 aromatic rings. The highest BCUT2D eigenvalue weighted by molar-refractivity contribution is 6.32. The first-order valence-corrected chi connectivity index (χ1v) is 5.01. The maximum Gasteiger partial charge on any atom is 0.573 e. The quantitative estimate of drug-likeness (QED) is 0.870. The van der Waals surface area contributed by atoms with Crippen molar-refractivity contribution in [1.82, 2.24) is 0 Å². The van der Waals surface area contributed by atoms with Gasteiger partial charge < -0.3 is 15.2 Å². The van der Waals surface area contributed by atoms with Crippen molar-refractivity contribution in [2.75, 3.05) is 7.11 Å². The fourth-order valence-electron chi connectivity index (χ4n) is 1.18. The van der Waals surface area contributed by atoms with Crippen molar-refractivity contribution in [3.05, 3.63) is 28.8 Å². The molecule has 0 saturated heterocycles. The summed E-state index contributed by atoms with van der Waals surface area (Å²) in [6, 6.07) is 2.18. The summed E-state index contributed by atoms with van der Waals surface area (Å²) in [5, 5.41) is -0.302. The minimum atomic E-state index is -4.84. The first-order chi connectivity index (χ1) is 8.24. The fourth-order valence-corrected chi connectivity index (χ4v) is 1.41. The average molecular weight is 320 g/mol. The van der Waals surface area contributed by atoms with Crippen LogP contribution in [0.25, 0.3) is 0 Å². The van der Waals surface area contributed by atoms with E-state index in [1.54, 1.807) is 0 Å². The van der Waals surface area contributed by atoms with Crippen LogP contribution < -0.4 is 10.5 Å². The van der Waals surface area contributed by atoms with Crippen molar-refractivity contribution in [2.24, 2.45) is 5.73 Å². The van der Waals surface area contributed by atoms with Crippen LogP contribution in [-0.2, 0) is 9.53 Å². The van der Waals surface area contributed by atoms with Crippen LogP contribution in [-0.4, -0.2) is 19.4 Å². The van der Waals surface area contributed by atoms with Crippen molar-refractivity contribution in [2.45, 2.75) is 12.4 Å². The van der Waals surface area contributed by atoms with Crippen LogP contribution >= 0.6 is 24.0 Å². The molecule has 0 amide bonds. The van der Waals surface area contributed by atoms with E-state index in [1.165, 1.54) is 6.07 Å². The zero-order valence-corrected chi connectivity index (χ0v) is 11.1. The van der Waals surface area contributed by atoms with E-state index in [0.29, 0.717) is 0 Å². The topological polar surface area (TPSA) is 61.5 Å². The lowest BCUT2D eigenvalue weighted by atomic mass is 10.1. The Bertz CT molecular complexity index is 454. The van der Waals surface area contributed by atoms with E-state index in [0.717, 1.165) is 19.2 Å². The van der Waals surface area contributed by atoms with Gasteiger partial charge in [-0.3, -0.25) is 4.79 Å². The maximum absolute atomic E-state index is 12.0. The number of ether oxygens (including phenoxy) is 2. The Morgan fingerprint density at radius 3 is 2.42 bits per heavy atom. The summed E-state index contributed by atoms with van der Waals surface area (Å²) in [5.74, 6) is -1.29. The molecule has 0 aliphatic carbocycles. The van der Waals surface area contributed by atoms with Crippen molar-refractivity contribution in [3.8, 4) is 5.75 Å². The molecule has 0 fully saturated rings. The van der Waals surface area contributed by atoms with Crippen LogP contribution in [0.4, 0.5) is 13.2 Å². The molecule has 9 heteroatoms. The second-order valence-corrected chi connectivity index (χ2v) is 3.65. The minimum Gasteiger partial charge on any atom is -0.468 e. The summed E-state index contributed by atoms with van der Waals surface area (Å²) in [6.45, 7) is 0. The van der Waals surface area contributed by atoms with E-state index in [-0.39, 0.29) is 23.0 Å². The molecule has 0 bridgehead atoms. The van der Waals surface area contributed by atoms with E-state index in [9.17, 15) is 18.0 Å². The predicted molar refractivity (Wildman–Crippen MR) is 64.3 cm³/mol. The van der Waals surface area contributed by atoms with Crippen molar-refractivity contribution >= 4 is 30.0 Å². The summed E-state index contributed by atoms with van der Waals surface area (Å²) in [7, 11) is 1.14. The third kappa shape index (κ3) is 5.14. The third-order valence-corrected chi connectivity index (χ3v) is 2.29. The summed E-state index contributed by atoms with van der Waals surface area (Å²) in [5.41, 5.74) is 5.72. The Hall–Kier alpha value is -1.18. The summed E-state index contributed by atoms with van der Waals surface area (Å²) >= 11 is 5.59. The standard InChI is InChI=1S/C10H9ClF3NO3.ClH/c1-17-9(16)8(15)5-2-3-7(6(11)4-5)18-10(12,13)14;/h2-4,8H,15H2,1H3;1H/t8-;/m1./s1. The number of carbonyl (C=O) groups excluding carboxylic acids is 1. The smallest absolute Gasteiger partial charge is 0.468 e. The Balaban J connectivity index is 0.00000324. The highest BCUT2D eigenvalue weighted by atomic mass is 35.5. The van der Waals surface area contributed by atoms with Gasteiger partial charge in [-0.15, -0.1) is 25.6 Å². The highest BCUT2D eigenvalue weighted by Gasteiger charge is 2.32. The molecule has 0 radical (unpaired) electrons. The van der Waals surface area contributed by atoms with Gasteiger partial charge >= 0.3 is 12.3 Å². The molecular formula is C10H10Cl2F3NO3. The zero-order valence-electron chi connectivity index (χ0n) is 9.53. The van der Waals surface area contributed by atoms with E-state index >= 15 is 0 Å². The third-order valence-electron chi connectivity index (χ3n) is 2.00. The van der Waals surface area contributed by atoms with Gasteiger partial charge in [-0.2, -0.15) is 0 Å². The lowest BCUT2D eigenvalue weighted by Gasteiger charge is -2.13. The number of halogens is 5. The van der Waals surface area contributed by atoms with Crippen LogP contribution in [0.3, 0.4) is 0 Å². The number of carbonyl (C=O) groups is 1. The molecule has 0 spiro atoms. The second-order valence-electron chi connectivity index (χ2n) is 3.24. The van der Waals surface area contributed by atoms with Gasteiger partial charge in [0.05, 0.1) is 12.1 Å². The second kappa shape index (κ2) is 6.83. The van der Waals surface area contributed by atoms with Crippen LogP contribution in [0.2, 0.25) is 5.02 Å². The molecule has 2 N–H and O–H groups in total. The van der Waals surface area contributed by atoms with Crippen molar-refractivity contribution in [3.63, 3.8) is 0 Å². The summed E-state index contributed by atoms with van der Waals surface area (Å²) in [4.78, 5) is 11.1. The Morgan fingerprint density at radius 1 is 1.42 bits per heavy atom. The molecule has 4 nitrogen and oxygen atoms in total. The molecule has 1 rings (SSSR count). The Labute approximate surface area is 118 Å². The maximum atomic E-state index is 12.0. The van der Waals surface area contributed by atoms with Gasteiger partial charge in [0.2, 0.25) is 0 Å². The number of hydrogen-bond donors (Lipinski definition) is 1. The van der Waals surface area contributed by atoms with Gasteiger partial charge in [0.15, 0.2) is 0 Å². The number of rotatable bonds is 3. The first-order valence-electron chi connectivity index (χ1n) is 4.63. The van der Waals surface area contributed by atoms with E-state index in [4.69, 9.17) is 17.3 Å². The molecule has 0 aliphatic rings. The van der Waals surface area contributed by atoms with Crippen LogP contribution in [0.5, 0.6) is 5.75 Å². The lowest BCUT2D eigenvalue weighted by molar-refractivity contribution is -0.274. The molecule has 0 aliphatic heterocycles. The fraction of sp³-hybridized carbons (Fsp3) is 0.300. The van der Waals surface area contributed by atoms with Crippen LogP contribution in [0.15, 0.2) is 18.2 Å². The van der Waals surface area contributed by atoms with E-state index < -0.39 is 24.1 Å². The molecule has 0 unspecified atom stereocenters. The highest BCUT2D eigenvalue weighted by Crippen LogP contribution is 2.31. The number of esters is 1. The number of nitrogens with two attached hydrogens (primary N) is 1. The number of benzene rings is 1. The minimum absolute atomic E-state index is 0. The largest absolute Gasteiger partial charge is 0.573 e. The molecule has 1 aromatic carbocycles. The lowest BCUT2D eigenvalue weighted by Crippen LogP contribution is -2.22. The van der Waals surface area contributed by atoms with Gasteiger partial charge in [0.1, 0.15) is 11.8 Å². The first kappa shape index (κ1) is 17.8. The Kier molecular flexibility index (Phi) is 6.41. The molecule has 0 heterocycles. The predicted octanol–water partition coefficient (Wildman–Crippen LogP) is 2.83. The van der Waals surface area contributed by atoms with Gasteiger partial charge in [-0.25, -0.2) is 0 Å². The summed E-state index contributed by atoms with van der Waals surface area (Å²) < 4.78 is 44.0. The summed E-state index contributed by atoms with van der Waals surface area (Å²) in [6.07, 6.45) is -4.84. The molecule has 1 atom stereocenters. The number of methoxy groups -OCH3 is 1. The normalized spacial score (nSPS) is 12.3. The Morgan fingerprint density at radius 2 is 2.00 bits per heavy atom. The molecular weight excluding hydrogens is 310 g/mol. The van der Waals surface area contributed by atoms with Crippen LogP contribution in [0.1, 0.15) is 11.6 Å². The van der Waals surface area contributed by atoms with Gasteiger partial charge in [-0.1, -0.05) is 17.7 Å². The monoisotopic (exact) mass is 319 g/mol. The molecule has 0 saturated carbocycles. The molecule has 19 heavy (non-hydrogen) atoms. The molecule has 0 aromatic heterocycles. The van der Waals surface area contributed by atoms with Gasteiger partial charge in [-0.05, 0) is 17.7 Å². The van der Waals surface area contributed by atoms with Crippen molar-refractivity contribution in [1.29, 1.82) is 0 Å². The van der Waals surface area contributed by atoms with Gasteiger partial charge in [0, 0.05) is 0 Å². The van der Waals surface area contributed by atoms with Crippen LogP contribution in [0, 0.1) is 0 Å². The zero-order chi connectivity index (χ0) is 13.9. The number of alkyl halides is 3. The van der Waals surface area contributed by atoms with E-state index in [2.05, 4.69) is 9.47 Å². The van der Waals surface area contributed by atoms with Gasteiger partial charge in [0.25, 0.3) is 0 Å². The SMILES string of the molecule is COC(=O)[C@H](N)c1ccc(OC(F)(F)F)c(Cl)c1.Cl. The van der Waals surface area contributed by atoms with Crippen molar-refractivity contribution < 1.29 is 27.4 Å². The average Bonchev–Trinajstić information content (AvgIpc) is 2.28. The van der Waals surface area contributed by atoms with E-state index in [1.807, 2.05) is 0 Å². The molecule has 108 valence electrons.